The topological polar surface area (TPSA) is 61.8 Å². The van der Waals surface area contributed by atoms with Crippen molar-refractivity contribution in [2.45, 2.75) is 18.9 Å². The van der Waals surface area contributed by atoms with Crippen LogP contribution in [0.15, 0.2) is 54.6 Å². The van der Waals surface area contributed by atoms with E-state index in [0.717, 1.165) is 17.7 Å². The molecule has 1 unspecified atom stereocenters. The van der Waals surface area contributed by atoms with Crippen LogP contribution < -0.4 is 10.1 Å². The third-order valence-electron chi connectivity index (χ3n) is 3.64. The number of ether oxygens (including phenoxy) is 1. The fourth-order valence-corrected chi connectivity index (χ4v) is 2.43. The van der Waals surface area contributed by atoms with Crippen molar-refractivity contribution in [2.24, 2.45) is 0 Å². The molecule has 0 aliphatic carbocycles. The highest BCUT2D eigenvalue weighted by molar-refractivity contribution is 5.90. The van der Waals surface area contributed by atoms with Gasteiger partial charge in [-0.15, -0.1) is 0 Å². The van der Waals surface area contributed by atoms with E-state index in [9.17, 15) is 9.90 Å². The van der Waals surface area contributed by atoms with Crippen LogP contribution in [0.4, 0.5) is 5.69 Å². The second-order valence-corrected chi connectivity index (χ2v) is 6.29. The summed E-state index contributed by atoms with van der Waals surface area (Å²) in [6, 6.07) is 17.1. The molecule has 0 spiro atoms. The summed E-state index contributed by atoms with van der Waals surface area (Å²) in [6.07, 6.45) is 0.628. The molecule has 0 aliphatic heterocycles. The van der Waals surface area contributed by atoms with Crippen molar-refractivity contribution in [1.29, 1.82) is 0 Å². The molecule has 0 aromatic heterocycles. The van der Waals surface area contributed by atoms with Gasteiger partial charge in [0.05, 0.1) is 0 Å². The maximum atomic E-state index is 12.0. The average molecular weight is 342 g/mol. The maximum Gasteiger partial charge on any atom is 0.224 e. The number of rotatable bonds is 9. The van der Waals surface area contributed by atoms with Crippen molar-refractivity contribution in [3.63, 3.8) is 0 Å². The van der Waals surface area contributed by atoms with Crippen LogP contribution in [-0.4, -0.2) is 49.3 Å². The lowest BCUT2D eigenvalue weighted by Crippen LogP contribution is -2.30. The van der Waals surface area contributed by atoms with E-state index in [0.29, 0.717) is 18.7 Å². The summed E-state index contributed by atoms with van der Waals surface area (Å²) >= 11 is 0. The smallest absolute Gasteiger partial charge is 0.224 e. The first-order chi connectivity index (χ1) is 12.0. The van der Waals surface area contributed by atoms with Crippen LogP contribution in [0.3, 0.4) is 0 Å². The highest BCUT2D eigenvalue weighted by Gasteiger charge is 2.07. The summed E-state index contributed by atoms with van der Waals surface area (Å²) in [7, 11) is 3.80. The van der Waals surface area contributed by atoms with E-state index in [1.54, 1.807) is 24.3 Å². The van der Waals surface area contributed by atoms with Gasteiger partial charge in [0.2, 0.25) is 5.91 Å². The summed E-state index contributed by atoms with van der Waals surface area (Å²) < 4.78 is 5.54. The zero-order valence-corrected chi connectivity index (χ0v) is 14.8. The van der Waals surface area contributed by atoms with Gasteiger partial charge in [-0.2, -0.15) is 0 Å². The molecule has 0 saturated heterocycles. The summed E-state index contributed by atoms with van der Waals surface area (Å²) in [5.41, 5.74) is 1.89. The second-order valence-electron chi connectivity index (χ2n) is 6.29. The molecule has 2 N–H and O–H groups in total. The van der Waals surface area contributed by atoms with Crippen LogP contribution >= 0.6 is 0 Å². The fraction of sp³-hybridized carbons (Fsp3) is 0.350. The highest BCUT2D eigenvalue weighted by atomic mass is 16.5. The third-order valence-corrected chi connectivity index (χ3v) is 3.64. The lowest BCUT2D eigenvalue weighted by Gasteiger charge is -2.16. The van der Waals surface area contributed by atoms with E-state index in [-0.39, 0.29) is 12.5 Å². The van der Waals surface area contributed by atoms with Gasteiger partial charge in [0, 0.05) is 18.7 Å². The SMILES string of the molecule is CN(C)CC(O)COc1ccc(NC(=O)CCc2ccccc2)cc1. The Morgan fingerprint density at radius 2 is 1.80 bits per heavy atom. The minimum absolute atomic E-state index is 0.0149. The van der Waals surface area contributed by atoms with Crippen LogP contribution in [-0.2, 0) is 11.2 Å². The number of amides is 1. The summed E-state index contributed by atoms with van der Waals surface area (Å²) in [6.45, 7) is 0.788. The van der Waals surface area contributed by atoms with Gasteiger partial charge in [-0.05, 0) is 50.3 Å². The van der Waals surface area contributed by atoms with E-state index >= 15 is 0 Å². The van der Waals surface area contributed by atoms with E-state index in [1.165, 1.54) is 0 Å². The van der Waals surface area contributed by atoms with E-state index < -0.39 is 6.10 Å². The van der Waals surface area contributed by atoms with Crippen LogP contribution in [0.1, 0.15) is 12.0 Å². The molecule has 0 aliphatic rings. The number of benzene rings is 2. The Kier molecular flexibility index (Phi) is 7.44. The van der Waals surface area contributed by atoms with Gasteiger partial charge in [-0.3, -0.25) is 4.79 Å². The Hall–Kier alpha value is -2.37. The number of likely N-dealkylation sites (N-methyl/N-ethyl adjacent to an activating group) is 1. The molecule has 0 fully saturated rings. The van der Waals surface area contributed by atoms with Gasteiger partial charge in [0.1, 0.15) is 18.5 Å². The van der Waals surface area contributed by atoms with E-state index in [1.807, 2.05) is 49.3 Å². The zero-order valence-electron chi connectivity index (χ0n) is 14.8. The minimum Gasteiger partial charge on any atom is -0.491 e. The quantitative estimate of drug-likeness (QED) is 0.735. The molecule has 1 atom stereocenters. The van der Waals surface area contributed by atoms with Crippen molar-refractivity contribution < 1.29 is 14.6 Å². The molecule has 134 valence electrons. The van der Waals surface area contributed by atoms with Crippen molar-refractivity contribution >= 4 is 11.6 Å². The Balaban J connectivity index is 1.74. The summed E-state index contributed by atoms with van der Waals surface area (Å²) in [5.74, 6) is 0.652. The van der Waals surface area contributed by atoms with E-state index in [4.69, 9.17) is 4.74 Å². The third kappa shape index (κ3) is 7.37. The molecule has 5 heteroatoms. The monoisotopic (exact) mass is 342 g/mol. The van der Waals surface area contributed by atoms with Crippen LogP contribution in [0, 0.1) is 0 Å². The Morgan fingerprint density at radius 1 is 1.12 bits per heavy atom. The van der Waals surface area contributed by atoms with Crippen molar-refractivity contribution in [1.82, 2.24) is 4.90 Å². The summed E-state index contributed by atoms with van der Waals surface area (Å²) in [5, 5.41) is 12.7. The molecule has 0 heterocycles. The normalized spacial score (nSPS) is 12.0. The van der Waals surface area contributed by atoms with Gasteiger partial charge in [0.15, 0.2) is 0 Å². The molecule has 2 aromatic carbocycles. The number of carbonyl (C=O) groups excluding carboxylic acids is 1. The molecule has 1 amide bonds. The number of hydrogen-bond donors (Lipinski definition) is 2. The van der Waals surface area contributed by atoms with Gasteiger partial charge in [-0.1, -0.05) is 30.3 Å². The molecule has 2 aromatic rings. The first kappa shape index (κ1) is 19.0. The molecule has 0 saturated carbocycles. The number of aryl methyl sites for hydroxylation is 1. The number of aliphatic hydroxyl groups is 1. The number of nitrogens with zero attached hydrogens (tertiary/aromatic N) is 1. The van der Waals surface area contributed by atoms with Gasteiger partial charge >= 0.3 is 0 Å². The lowest BCUT2D eigenvalue weighted by atomic mass is 10.1. The zero-order chi connectivity index (χ0) is 18.1. The van der Waals surface area contributed by atoms with E-state index in [2.05, 4.69) is 5.32 Å². The first-order valence-corrected chi connectivity index (χ1v) is 8.42. The number of carbonyl (C=O) groups is 1. The first-order valence-electron chi connectivity index (χ1n) is 8.42. The Labute approximate surface area is 149 Å². The molecular weight excluding hydrogens is 316 g/mol. The van der Waals surface area contributed by atoms with Crippen LogP contribution in [0.25, 0.3) is 0 Å². The lowest BCUT2D eigenvalue weighted by molar-refractivity contribution is -0.116. The predicted octanol–water partition coefficient (Wildman–Crippen LogP) is 2.56. The number of hydrogen-bond acceptors (Lipinski definition) is 4. The Morgan fingerprint density at radius 3 is 2.44 bits per heavy atom. The van der Waals surface area contributed by atoms with Crippen molar-refractivity contribution in [2.75, 3.05) is 32.6 Å². The van der Waals surface area contributed by atoms with Crippen LogP contribution in [0.2, 0.25) is 0 Å². The molecule has 0 radical (unpaired) electrons. The maximum absolute atomic E-state index is 12.0. The van der Waals surface area contributed by atoms with Crippen molar-refractivity contribution in [3.05, 3.63) is 60.2 Å². The standard InChI is InChI=1S/C20H26N2O3/c1-22(2)14-18(23)15-25-19-11-9-17(10-12-19)21-20(24)13-8-16-6-4-3-5-7-16/h3-7,9-12,18,23H,8,13-15H2,1-2H3,(H,21,24). The molecule has 25 heavy (non-hydrogen) atoms. The average Bonchev–Trinajstić information content (AvgIpc) is 2.60. The molecular formula is C20H26N2O3. The summed E-state index contributed by atoms with van der Waals surface area (Å²) in [4.78, 5) is 13.9. The predicted molar refractivity (Wildman–Crippen MR) is 99.9 cm³/mol. The minimum atomic E-state index is -0.535. The van der Waals surface area contributed by atoms with Gasteiger partial charge < -0.3 is 20.1 Å². The number of nitrogens with one attached hydrogen (secondary N) is 1. The molecule has 0 bridgehead atoms. The fourth-order valence-electron chi connectivity index (χ4n) is 2.43. The van der Waals surface area contributed by atoms with Crippen LogP contribution in [0.5, 0.6) is 5.75 Å². The Bertz CT molecular complexity index is 642. The second kappa shape index (κ2) is 9.81. The van der Waals surface area contributed by atoms with Crippen molar-refractivity contribution in [3.8, 4) is 5.75 Å². The number of anilines is 1. The number of aliphatic hydroxyl groups excluding tert-OH is 1. The highest BCUT2D eigenvalue weighted by Crippen LogP contribution is 2.16. The largest absolute Gasteiger partial charge is 0.491 e. The molecule has 2 rings (SSSR count). The van der Waals surface area contributed by atoms with Gasteiger partial charge in [0.25, 0.3) is 0 Å². The van der Waals surface area contributed by atoms with Gasteiger partial charge in [-0.25, -0.2) is 0 Å². The molecule has 5 nitrogen and oxygen atoms in total.